The number of carbonyl (C=O) groups is 1. The fraction of sp³-hybridized carbons (Fsp3) is 0.913. The number of rotatable bonds is 8. The van der Waals surface area contributed by atoms with E-state index in [0.29, 0.717) is 30.1 Å². The van der Waals surface area contributed by atoms with Gasteiger partial charge in [-0.2, -0.15) is 0 Å². The number of amides is 1. The minimum Gasteiger partial charge on any atom is -0.378 e. The first-order chi connectivity index (χ1) is 14.6. The molecule has 0 aromatic heterocycles. The summed E-state index contributed by atoms with van der Waals surface area (Å²) in [5.41, 5.74) is 0.293. The van der Waals surface area contributed by atoms with Gasteiger partial charge >= 0.3 is 0 Å². The first-order valence-electron chi connectivity index (χ1n) is 12.2. The van der Waals surface area contributed by atoms with E-state index in [9.17, 15) is 4.79 Å². The van der Waals surface area contributed by atoms with Crippen molar-refractivity contribution >= 4 is 11.9 Å². The first-order valence-corrected chi connectivity index (χ1v) is 12.2. The molecule has 0 bridgehead atoms. The van der Waals surface area contributed by atoms with Gasteiger partial charge in [-0.15, -0.1) is 0 Å². The largest absolute Gasteiger partial charge is 0.378 e. The molecule has 1 saturated heterocycles. The zero-order valence-electron chi connectivity index (χ0n) is 19.3. The van der Waals surface area contributed by atoms with E-state index in [2.05, 4.69) is 39.7 Å². The predicted octanol–water partition coefficient (Wildman–Crippen LogP) is 2.27. The van der Waals surface area contributed by atoms with Crippen LogP contribution in [-0.4, -0.2) is 74.8 Å². The lowest BCUT2D eigenvalue weighted by molar-refractivity contribution is -0.145. The number of likely N-dealkylation sites (tertiary alicyclic amines) is 1. The number of nitrogens with zero attached hydrogens (tertiary/aromatic N) is 2. The molecule has 1 spiro atoms. The summed E-state index contributed by atoms with van der Waals surface area (Å²) in [4.78, 5) is 18.7. The monoisotopic (exact) mass is 421 g/mol. The highest BCUT2D eigenvalue weighted by molar-refractivity contribution is 5.80. The molecule has 3 rings (SSSR count). The molecule has 1 amide bonds. The Morgan fingerprint density at radius 2 is 1.87 bits per heavy atom. The van der Waals surface area contributed by atoms with Gasteiger partial charge in [0.2, 0.25) is 5.91 Å². The average molecular weight is 422 g/mol. The summed E-state index contributed by atoms with van der Waals surface area (Å²) >= 11 is 0. The molecule has 172 valence electrons. The average Bonchev–Trinajstić information content (AvgIpc) is 2.78. The summed E-state index contributed by atoms with van der Waals surface area (Å²) in [6, 6.07) is 0.874. The molecular formula is C23H43N5O2. The van der Waals surface area contributed by atoms with Crippen LogP contribution in [0.25, 0.3) is 0 Å². The van der Waals surface area contributed by atoms with Crippen LogP contribution < -0.4 is 16.0 Å². The molecule has 1 aliphatic heterocycles. The third kappa shape index (κ3) is 5.67. The normalized spacial score (nSPS) is 27.5. The van der Waals surface area contributed by atoms with E-state index in [4.69, 9.17) is 4.74 Å². The maximum Gasteiger partial charge on any atom is 0.234 e. The summed E-state index contributed by atoms with van der Waals surface area (Å²) in [5, 5.41) is 10.4. The van der Waals surface area contributed by atoms with Crippen molar-refractivity contribution in [1.82, 2.24) is 20.9 Å². The molecule has 30 heavy (non-hydrogen) atoms. The van der Waals surface area contributed by atoms with E-state index >= 15 is 0 Å². The zero-order valence-corrected chi connectivity index (χ0v) is 19.3. The topological polar surface area (TPSA) is 78.0 Å². The first kappa shape index (κ1) is 23.3. The van der Waals surface area contributed by atoms with Crippen LogP contribution in [0.5, 0.6) is 0 Å². The van der Waals surface area contributed by atoms with Crippen LogP contribution in [0.15, 0.2) is 4.99 Å². The number of hydrogen-bond donors (Lipinski definition) is 3. The minimum atomic E-state index is 0.146. The molecule has 0 aromatic carbocycles. The molecular weight excluding hydrogens is 378 g/mol. The third-order valence-electron chi connectivity index (χ3n) is 7.34. The van der Waals surface area contributed by atoms with Gasteiger partial charge in [0.15, 0.2) is 5.96 Å². The van der Waals surface area contributed by atoms with Gasteiger partial charge < -0.3 is 20.7 Å². The van der Waals surface area contributed by atoms with Gasteiger partial charge in [0.25, 0.3) is 0 Å². The lowest BCUT2D eigenvalue weighted by atomic mass is 9.55. The predicted molar refractivity (Wildman–Crippen MR) is 122 cm³/mol. The van der Waals surface area contributed by atoms with Crippen LogP contribution in [0.2, 0.25) is 0 Å². The van der Waals surface area contributed by atoms with Gasteiger partial charge in [-0.05, 0) is 45.4 Å². The van der Waals surface area contributed by atoms with Crippen LogP contribution in [0.1, 0.15) is 71.6 Å². The van der Waals surface area contributed by atoms with Gasteiger partial charge in [0, 0.05) is 50.8 Å². The molecule has 2 aliphatic carbocycles. The lowest BCUT2D eigenvalue weighted by Crippen LogP contribution is -2.67. The zero-order chi connectivity index (χ0) is 21.4. The second-order valence-corrected chi connectivity index (χ2v) is 9.29. The summed E-state index contributed by atoms with van der Waals surface area (Å²) in [6.45, 7) is 8.19. The molecule has 7 heteroatoms. The van der Waals surface area contributed by atoms with E-state index < -0.39 is 0 Å². The molecule has 3 aliphatic rings. The summed E-state index contributed by atoms with van der Waals surface area (Å²) in [6.07, 6.45) is 11.1. The van der Waals surface area contributed by atoms with Gasteiger partial charge in [-0.1, -0.05) is 26.2 Å². The Kier molecular flexibility index (Phi) is 8.81. The molecule has 2 atom stereocenters. The van der Waals surface area contributed by atoms with Crippen LogP contribution >= 0.6 is 0 Å². The van der Waals surface area contributed by atoms with Crippen molar-refractivity contribution in [1.29, 1.82) is 0 Å². The number of piperidine rings is 1. The third-order valence-corrected chi connectivity index (χ3v) is 7.34. The molecule has 3 fully saturated rings. The molecule has 0 radical (unpaired) electrons. The van der Waals surface area contributed by atoms with Crippen molar-refractivity contribution in [2.24, 2.45) is 10.4 Å². The van der Waals surface area contributed by atoms with Crippen molar-refractivity contribution in [2.75, 3.05) is 39.8 Å². The second kappa shape index (κ2) is 11.3. The molecule has 2 saturated carbocycles. The lowest BCUT2D eigenvalue weighted by Gasteiger charge is -2.58. The Hall–Kier alpha value is -1.34. The van der Waals surface area contributed by atoms with E-state index in [1.165, 1.54) is 32.1 Å². The smallest absolute Gasteiger partial charge is 0.234 e. The van der Waals surface area contributed by atoms with Gasteiger partial charge in [-0.3, -0.25) is 14.7 Å². The van der Waals surface area contributed by atoms with Crippen molar-refractivity contribution in [3.63, 3.8) is 0 Å². The molecule has 7 nitrogen and oxygen atoms in total. The number of aliphatic imine (C=N–C) groups is 1. The van der Waals surface area contributed by atoms with Crippen LogP contribution in [0, 0.1) is 5.41 Å². The molecule has 2 unspecified atom stereocenters. The molecule has 1 heterocycles. The number of ether oxygens (including phenoxy) is 1. The fourth-order valence-electron chi connectivity index (χ4n) is 5.55. The Morgan fingerprint density at radius 1 is 1.13 bits per heavy atom. The summed E-state index contributed by atoms with van der Waals surface area (Å²) in [7, 11) is 1.87. The molecule has 0 aromatic rings. The summed E-state index contributed by atoms with van der Waals surface area (Å²) in [5.74, 6) is 1.08. The molecule has 3 N–H and O–H groups in total. The highest BCUT2D eigenvalue weighted by Crippen LogP contribution is 2.53. The van der Waals surface area contributed by atoms with Gasteiger partial charge in [-0.25, -0.2) is 0 Å². The quantitative estimate of drug-likeness (QED) is 0.414. The van der Waals surface area contributed by atoms with Gasteiger partial charge in [0.1, 0.15) is 0 Å². The highest BCUT2D eigenvalue weighted by Gasteiger charge is 2.55. The highest BCUT2D eigenvalue weighted by atomic mass is 16.5. The van der Waals surface area contributed by atoms with Crippen molar-refractivity contribution in [3.05, 3.63) is 0 Å². The Bertz CT molecular complexity index is 568. The Balaban J connectivity index is 1.45. The van der Waals surface area contributed by atoms with Crippen molar-refractivity contribution < 1.29 is 9.53 Å². The van der Waals surface area contributed by atoms with E-state index in [-0.39, 0.29) is 5.91 Å². The summed E-state index contributed by atoms with van der Waals surface area (Å²) < 4.78 is 6.10. The second-order valence-electron chi connectivity index (χ2n) is 9.29. The van der Waals surface area contributed by atoms with Crippen LogP contribution in [0.4, 0.5) is 0 Å². The number of guanidine groups is 1. The number of nitrogens with one attached hydrogen (secondary N) is 3. The van der Waals surface area contributed by atoms with Crippen LogP contribution in [-0.2, 0) is 9.53 Å². The minimum absolute atomic E-state index is 0.146. The maximum atomic E-state index is 11.9. The number of carbonyl (C=O) groups excluding carboxylic acids is 1. The Labute approximate surface area is 182 Å². The standard InChI is InChI=1S/C23H43N5O2/c1-4-13-25-21(29)17-28-14-9-18(10-15-28)26-22(24-3)27-19-16-20(30-5-2)23(19)11-7-6-8-12-23/h18-20H,4-17H2,1-3H3,(H,25,29)(H2,24,26,27). The van der Waals surface area contributed by atoms with E-state index in [1.807, 2.05) is 7.05 Å². The van der Waals surface area contributed by atoms with E-state index in [1.54, 1.807) is 0 Å². The maximum absolute atomic E-state index is 11.9. The fourth-order valence-corrected chi connectivity index (χ4v) is 5.55. The van der Waals surface area contributed by atoms with Crippen molar-refractivity contribution in [2.45, 2.75) is 89.8 Å². The Morgan fingerprint density at radius 3 is 2.50 bits per heavy atom. The number of hydrogen-bond acceptors (Lipinski definition) is 4. The van der Waals surface area contributed by atoms with Gasteiger partial charge in [0.05, 0.1) is 12.6 Å². The van der Waals surface area contributed by atoms with Crippen molar-refractivity contribution in [3.8, 4) is 0 Å². The van der Waals surface area contributed by atoms with Crippen LogP contribution in [0.3, 0.4) is 0 Å². The van der Waals surface area contributed by atoms with E-state index in [0.717, 1.165) is 57.9 Å². The SMILES string of the molecule is CCCNC(=O)CN1CCC(NC(=NC)NC2CC(OCC)C23CCCCC3)CC1.